The molecule has 1 heterocycles. The summed E-state index contributed by atoms with van der Waals surface area (Å²) in [6.45, 7) is 0.305. The van der Waals surface area contributed by atoms with Gasteiger partial charge in [0.15, 0.2) is 0 Å². The summed E-state index contributed by atoms with van der Waals surface area (Å²) in [5.74, 6) is 0.199. The van der Waals surface area contributed by atoms with Gasteiger partial charge in [0.25, 0.3) is 5.69 Å². The normalized spacial score (nSPS) is 17.5. The molecule has 11 heteroatoms. The van der Waals surface area contributed by atoms with Gasteiger partial charge >= 0.3 is 6.09 Å². The fraction of sp³-hybridized carbons (Fsp3) is 0.318. The molecule has 0 radical (unpaired) electrons. The fourth-order valence-corrected chi connectivity index (χ4v) is 5.41. The number of ether oxygens (including phenoxy) is 1. The SMILES string of the molecule is NC(=O)CSC[C@@H]1C[C@H](SC(=O)c2ccccc2)CN1C(=O)OCc1ccc([N+](=O)[O-])cc1. The second-order valence-corrected chi connectivity index (χ2v) is 9.70. The van der Waals surface area contributed by atoms with E-state index >= 15 is 0 Å². The fourth-order valence-electron chi connectivity index (χ4n) is 3.37. The van der Waals surface area contributed by atoms with Gasteiger partial charge in [0.05, 0.1) is 10.7 Å². The molecule has 2 amide bonds. The number of nitrogens with zero attached hydrogens (tertiary/aromatic N) is 2. The van der Waals surface area contributed by atoms with E-state index in [1.807, 2.05) is 6.07 Å². The van der Waals surface area contributed by atoms with Gasteiger partial charge in [-0.1, -0.05) is 42.1 Å². The zero-order valence-corrected chi connectivity index (χ0v) is 19.3. The third-order valence-electron chi connectivity index (χ3n) is 4.96. The van der Waals surface area contributed by atoms with Gasteiger partial charge in [-0.15, -0.1) is 11.8 Å². The summed E-state index contributed by atoms with van der Waals surface area (Å²) in [4.78, 5) is 48.3. The van der Waals surface area contributed by atoms with Crippen molar-refractivity contribution in [3.05, 3.63) is 75.8 Å². The lowest BCUT2D eigenvalue weighted by Gasteiger charge is -2.23. The molecule has 1 aliphatic rings. The lowest BCUT2D eigenvalue weighted by molar-refractivity contribution is -0.384. The minimum absolute atomic E-state index is 0.0325. The third-order valence-corrected chi connectivity index (χ3v) is 7.19. The van der Waals surface area contributed by atoms with Gasteiger partial charge in [-0.3, -0.25) is 19.7 Å². The molecule has 0 spiro atoms. The third kappa shape index (κ3) is 7.22. The Balaban J connectivity index is 1.61. The number of nitrogens with two attached hydrogens (primary N) is 1. The summed E-state index contributed by atoms with van der Waals surface area (Å²) in [7, 11) is 0. The van der Waals surface area contributed by atoms with Crippen LogP contribution in [0.3, 0.4) is 0 Å². The van der Waals surface area contributed by atoms with Crippen molar-refractivity contribution >= 4 is 46.3 Å². The number of non-ortho nitro benzene ring substituents is 1. The molecule has 2 N–H and O–H groups in total. The van der Waals surface area contributed by atoms with Crippen LogP contribution in [0.2, 0.25) is 0 Å². The van der Waals surface area contributed by atoms with Crippen molar-refractivity contribution in [2.75, 3.05) is 18.1 Å². The number of nitro groups is 1. The summed E-state index contributed by atoms with van der Waals surface area (Å²) < 4.78 is 5.43. The Bertz CT molecular complexity index is 1000. The number of carbonyl (C=O) groups is 3. The highest BCUT2D eigenvalue weighted by Gasteiger charge is 2.37. The Labute approximate surface area is 199 Å². The van der Waals surface area contributed by atoms with Gasteiger partial charge in [0.1, 0.15) is 6.61 Å². The number of hydrogen-bond donors (Lipinski definition) is 1. The number of nitro benzene ring substituents is 1. The predicted octanol–water partition coefficient (Wildman–Crippen LogP) is 3.47. The molecule has 33 heavy (non-hydrogen) atoms. The molecule has 0 aliphatic carbocycles. The van der Waals surface area contributed by atoms with Crippen molar-refractivity contribution in [1.82, 2.24) is 4.90 Å². The molecule has 0 saturated carbocycles. The molecule has 0 bridgehead atoms. The Morgan fingerprint density at radius 1 is 1.12 bits per heavy atom. The maximum Gasteiger partial charge on any atom is 0.410 e. The number of rotatable bonds is 9. The molecular weight excluding hydrogens is 466 g/mol. The Kier molecular flexibility index (Phi) is 8.72. The van der Waals surface area contributed by atoms with Crippen molar-refractivity contribution in [3.8, 4) is 0 Å². The standard InChI is InChI=1S/C22H23N3O6S2/c23-20(26)14-32-13-18-10-19(33-21(27)16-4-2-1-3-5-16)11-24(18)22(28)31-12-15-6-8-17(9-7-15)25(29)30/h1-9,18-19H,10-14H2,(H2,23,26)/t18-,19-/m0/s1. The van der Waals surface area contributed by atoms with Gasteiger partial charge in [-0.25, -0.2) is 4.79 Å². The topological polar surface area (TPSA) is 133 Å². The van der Waals surface area contributed by atoms with E-state index < -0.39 is 16.9 Å². The summed E-state index contributed by atoms with van der Waals surface area (Å²) >= 11 is 2.52. The lowest BCUT2D eigenvalue weighted by Crippen LogP contribution is -2.38. The van der Waals surface area contributed by atoms with Gasteiger partial charge in [0.2, 0.25) is 11.0 Å². The van der Waals surface area contributed by atoms with E-state index in [4.69, 9.17) is 10.5 Å². The van der Waals surface area contributed by atoms with Crippen LogP contribution in [0.25, 0.3) is 0 Å². The first-order chi connectivity index (χ1) is 15.8. The highest BCUT2D eigenvalue weighted by molar-refractivity contribution is 8.14. The number of likely N-dealkylation sites (tertiary alicyclic amines) is 1. The van der Waals surface area contributed by atoms with Crippen LogP contribution in [0.15, 0.2) is 54.6 Å². The highest BCUT2D eigenvalue weighted by atomic mass is 32.2. The first-order valence-corrected chi connectivity index (χ1v) is 12.2. The van der Waals surface area contributed by atoms with Gasteiger partial charge in [-0.05, 0) is 24.1 Å². The van der Waals surface area contributed by atoms with E-state index in [0.717, 1.165) is 0 Å². The van der Waals surface area contributed by atoms with Crippen LogP contribution < -0.4 is 5.73 Å². The van der Waals surface area contributed by atoms with Crippen LogP contribution in [-0.2, 0) is 16.1 Å². The van der Waals surface area contributed by atoms with Crippen molar-refractivity contribution in [2.45, 2.75) is 24.3 Å². The molecule has 1 aliphatic heterocycles. The minimum atomic E-state index is -0.534. The van der Waals surface area contributed by atoms with Crippen LogP contribution in [-0.4, -0.2) is 56.3 Å². The maximum atomic E-state index is 12.8. The first kappa shape index (κ1) is 24.6. The maximum absolute atomic E-state index is 12.8. The second-order valence-electron chi connectivity index (χ2n) is 7.39. The molecule has 1 fully saturated rings. The van der Waals surface area contributed by atoms with Crippen molar-refractivity contribution in [1.29, 1.82) is 0 Å². The number of benzene rings is 2. The molecule has 0 aromatic heterocycles. The van der Waals surface area contributed by atoms with Crippen molar-refractivity contribution in [3.63, 3.8) is 0 Å². The quantitative estimate of drug-likeness (QED) is 0.418. The minimum Gasteiger partial charge on any atom is -0.445 e. The number of hydrogen-bond acceptors (Lipinski definition) is 8. The Morgan fingerprint density at radius 2 is 1.82 bits per heavy atom. The summed E-state index contributed by atoms with van der Waals surface area (Å²) in [6, 6.07) is 14.5. The van der Waals surface area contributed by atoms with Gasteiger partial charge in [0, 0.05) is 41.3 Å². The van der Waals surface area contributed by atoms with Crippen LogP contribution in [0.4, 0.5) is 10.5 Å². The van der Waals surface area contributed by atoms with Gasteiger partial charge in [-0.2, -0.15) is 0 Å². The first-order valence-electron chi connectivity index (χ1n) is 10.1. The Morgan fingerprint density at radius 3 is 2.45 bits per heavy atom. The monoisotopic (exact) mass is 489 g/mol. The predicted molar refractivity (Wildman–Crippen MR) is 127 cm³/mol. The zero-order valence-electron chi connectivity index (χ0n) is 17.6. The second kappa shape index (κ2) is 11.7. The van der Waals surface area contributed by atoms with Crippen molar-refractivity contribution < 1.29 is 24.0 Å². The molecule has 3 rings (SSSR count). The largest absolute Gasteiger partial charge is 0.445 e. The molecule has 1 saturated heterocycles. The Hall–Kier alpha value is -3.05. The average molecular weight is 490 g/mol. The molecule has 2 aromatic carbocycles. The van der Waals surface area contributed by atoms with Crippen LogP contribution in [0.1, 0.15) is 22.3 Å². The molecular formula is C22H23N3O6S2. The number of thioether (sulfide) groups is 2. The van der Waals surface area contributed by atoms with E-state index in [1.165, 1.54) is 47.8 Å². The van der Waals surface area contributed by atoms with E-state index in [1.54, 1.807) is 29.2 Å². The summed E-state index contributed by atoms with van der Waals surface area (Å²) in [6.07, 6.45) is 0.0510. The molecule has 174 valence electrons. The van der Waals surface area contributed by atoms with E-state index in [9.17, 15) is 24.5 Å². The highest BCUT2D eigenvalue weighted by Crippen LogP contribution is 2.32. The van der Waals surface area contributed by atoms with Crippen molar-refractivity contribution in [2.24, 2.45) is 5.73 Å². The van der Waals surface area contributed by atoms with E-state index in [0.29, 0.717) is 29.8 Å². The molecule has 0 unspecified atom stereocenters. The van der Waals surface area contributed by atoms with Crippen LogP contribution in [0, 0.1) is 10.1 Å². The van der Waals surface area contributed by atoms with Crippen LogP contribution >= 0.6 is 23.5 Å². The number of primary amides is 1. The molecule has 9 nitrogen and oxygen atoms in total. The van der Waals surface area contributed by atoms with E-state index in [2.05, 4.69) is 0 Å². The lowest BCUT2D eigenvalue weighted by atomic mass is 10.2. The number of amides is 2. The zero-order chi connectivity index (χ0) is 23.8. The average Bonchev–Trinajstić information content (AvgIpc) is 3.20. The van der Waals surface area contributed by atoms with Crippen LogP contribution in [0.5, 0.6) is 0 Å². The summed E-state index contributed by atoms with van der Waals surface area (Å²) in [5.41, 5.74) is 6.39. The molecule has 2 aromatic rings. The molecule has 2 atom stereocenters. The summed E-state index contributed by atoms with van der Waals surface area (Å²) in [5, 5.41) is 10.6. The van der Waals surface area contributed by atoms with Gasteiger partial charge < -0.3 is 15.4 Å². The van der Waals surface area contributed by atoms with E-state index in [-0.39, 0.29) is 34.5 Å². The smallest absolute Gasteiger partial charge is 0.410 e. The number of carbonyl (C=O) groups excluding carboxylic acids is 3.